The lowest BCUT2D eigenvalue weighted by Crippen LogP contribution is -2.43. The van der Waals surface area contributed by atoms with E-state index in [1.54, 1.807) is 0 Å². The SMILES string of the molecule is O=C(Nc1ccc(F)cc1)C1CCCN1C(=O)OCc1ccccc1. The number of carbonyl (C=O) groups is 2. The Morgan fingerprint density at radius 2 is 1.84 bits per heavy atom. The lowest BCUT2D eigenvalue weighted by atomic mass is 10.2. The molecule has 0 radical (unpaired) electrons. The third kappa shape index (κ3) is 4.35. The van der Waals surface area contributed by atoms with Crippen molar-refractivity contribution in [3.05, 3.63) is 66.0 Å². The molecule has 1 unspecified atom stereocenters. The Morgan fingerprint density at radius 3 is 2.56 bits per heavy atom. The average Bonchev–Trinajstić information content (AvgIpc) is 3.12. The van der Waals surface area contributed by atoms with Gasteiger partial charge in [-0.1, -0.05) is 30.3 Å². The molecule has 0 saturated carbocycles. The number of hydrogen-bond acceptors (Lipinski definition) is 3. The molecule has 3 rings (SSSR count). The Labute approximate surface area is 145 Å². The van der Waals surface area contributed by atoms with Gasteiger partial charge in [0.1, 0.15) is 18.5 Å². The largest absolute Gasteiger partial charge is 0.445 e. The summed E-state index contributed by atoms with van der Waals surface area (Å²) >= 11 is 0. The molecule has 25 heavy (non-hydrogen) atoms. The summed E-state index contributed by atoms with van der Waals surface area (Å²) in [4.78, 5) is 26.2. The fourth-order valence-electron chi connectivity index (χ4n) is 2.82. The van der Waals surface area contributed by atoms with E-state index in [9.17, 15) is 14.0 Å². The van der Waals surface area contributed by atoms with E-state index in [0.717, 1.165) is 12.0 Å². The van der Waals surface area contributed by atoms with Crippen molar-refractivity contribution in [2.45, 2.75) is 25.5 Å². The summed E-state index contributed by atoms with van der Waals surface area (Å²) in [5.74, 6) is -0.661. The molecule has 1 aliphatic heterocycles. The van der Waals surface area contributed by atoms with E-state index in [-0.39, 0.29) is 18.3 Å². The molecule has 0 spiro atoms. The van der Waals surface area contributed by atoms with Gasteiger partial charge in [-0.3, -0.25) is 9.69 Å². The number of carbonyl (C=O) groups excluding carboxylic acids is 2. The molecule has 1 saturated heterocycles. The van der Waals surface area contributed by atoms with Crippen molar-refractivity contribution in [2.75, 3.05) is 11.9 Å². The van der Waals surface area contributed by atoms with Crippen LogP contribution >= 0.6 is 0 Å². The van der Waals surface area contributed by atoms with Gasteiger partial charge in [0.15, 0.2) is 0 Å². The summed E-state index contributed by atoms with van der Waals surface area (Å²) in [6.45, 7) is 0.650. The van der Waals surface area contributed by atoms with Crippen LogP contribution in [0.3, 0.4) is 0 Å². The van der Waals surface area contributed by atoms with Crippen molar-refractivity contribution in [1.29, 1.82) is 0 Å². The maximum absolute atomic E-state index is 12.9. The van der Waals surface area contributed by atoms with Crippen LogP contribution in [0.25, 0.3) is 0 Å². The van der Waals surface area contributed by atoms with Gasteiger partial charge in [-0.2, -0.15) is 0 Å². The molecule has 0 aromatic heterocycles. The summed E-state index contributed by atoms with van der Waals surface area (Å²) in [5, 5.41) is 2.71. The van der Waals surface area contributed by atoms with Gasteiger partial charge in [0, 0.05) is 12.2 Å². The van der Waals surface area contributed by atoms with Crippen molar-refractivity contribution in [3.63, 3.8) is 0 Å². The van der Waals surface area contributed by atoms with Gasteiger partial charge >= 0.3 is 6.09 Å². The highest BCUT2D eigenvalue weighted by atomic mass is 19.1. The molecular weight excluding hydrogens is 323 g/mol. The Bertz CT molecular complexity index is 734. The van der Waals surface area contributed by atoms with Crippen LogP contribution in [0.5, 0.6) is 0 Å². The predicted octanol–water partition coefficient (Wildman–Crippen LogP) is 3.57. The van der Waals surface area contributed by atoms with Gasteiger partial charge in [0.05, 0.1) is 0 Å². The highest BCUT2D eigenvalue weighted by Gasteiger charge is 2.35. The number of rotatable bonds is 4. The third-order valence-corrected chi connectivity index (χ3v) is 4.11. The molecular formula is C19H19FN2O3. The van der Waals surface area contributed by atoms with Gasteiger partial charge in [-0.05, 0) is 42.7 Å². The quantitative estimate of drug-likeness (QED) is 0.924. The fourth-order valence-corrected chi connectivity index (χ4v) is 2.82. The minimum absolute atomic E-state index is 0.169. The molecule has 6 heteroatoms. The second kappa shape index (κ2) is 7.79. The summed E-state index contributed by atoms with van der Waals surface area (Å²) in [7, 11) is 0. The van der Waals surface area contributed by atoms with Gasteiger partial charge in [0.25, 0.3) is 0 Å². The smallest absolute Gasteiger partial charge is 0.410 e. The van der Waals surface area contributed by atoms with Gasteiger partial charge in [0.2, 0.25) is 5.91 Å². The zero-order chi connectivity index (χ0) is 17.6. The fraction of sp³-hybridized carbons (Fsp3) is 0.263. The number of nitrogens with zero attached hydrogens (tertiary/aromatic N) is 1. The minimum Gasteiger partial charge on any atom is -0.445 e. The Balaban J connectivity index is 1.58. The van der Waals surface area contributed by atoms with Gasteiger partial charge in [-0.15, -0.1) is 0 Å². The number of ether oxygens (including phenoxy) is 1. The molecule has 2 aromatic rings. The van der Waals surface area contributed by atoms with E-state index in [4.69, 9.17) is 4.74 Å². The Kier molecular flexibility index (Phi) is 5.28. The summed E-state index contributed by atoms with van der Waals surface area (Å²) in [6.07, 6.45) is 0.815. The molecule has 2 amide bonds. The molecule has 0 aliphatic carbocycles. The number of amides is 2. The van der Waals surface area contributed by atoms with E-state index in [1.165, 1.54) is 29.2 Å². The number of halogens is 1. The topological polar surface area (TPSA) is 58.6 Å². The van der Waals surface area contributed by atoms with Crippen molar-refractivity contribution in [3.8, 4) is 0 Å². The normalized spacial score (nSPS) is 16.5. The summed E-state index contributed by atoms with van der Waals surface area (Å²) in [6, 6.07) is 14.3. The first kappa shape index (κ1) is 17.0. The summed E-state index contributed by atoms with van der Waals surface area (Å²) < 4.78 is 18.3. The van der Waals surface area contributed by atoms with E-state index < -0.39 is 12.1 Å². The van der Waals surface area contributed by atoms with Crippen LogP contribution in [0.2, 0.25) is 0 Å². The highest BCUT2D eigenvalue weighted by molar-refractivity contribution is 5.96. The zero-order valence-corrected chi connectivity index (χ0v) is 13.7. The number of likely N-dealkylation sites (tertiary alicyclic amines) is 1. The molecule has 1 atom stereocenters. The van der Waals surface area contributed by atoms with Crippen LogP contribution in [-0.2, 0) is 16.1 Å². The van der Waals surface area contributed by atoms with Crippen LogP contribution in [0.1, 0.15) is 18.4 Å². The van der Waals surface area contributed by atoms with Crippen molar-refractivity contribution >= 4 is 17.7 Å². The number of benzene rings is 2. The summed E-state index contributed by atoms with van der Waals surface area (Å²) in [5.41, 5.74) is 1.39. The second-order valence-electron chi connectivity index (χ2n) is 5.89. The molecule has 1 N–H and O–H groups in total. The van der Waals surface area contributed by atoms with Crippen LogP contribution in [0.15, 0.2) is 54.6 Å². The molecule has 5 nitrogen and oxygen atoms in total. The molecule has 1 heterocycles. The first-order valence-electron chi connectivity index (χ1n) is 8.17. The van der Waals surface area contributed by atoms with Crippen LogP contribution in [0, 0.1) is 5.82 Å². The molecule has 130 valence electrons. The van der Waals surface area contributed by atoms with Gasteiger partial charge < -0.3 is 10.1 Å². The second-order valence-corrected chi connectivity index (χ2v) is 5.89. The first-order chi connectivity index (χ1) is 12.1. The van der Waals surface area contributed by atoms with E-state index in [2.05, 4.69) is 5.32 Å². The van der Waals surface area contributed by atoms with E-state index >= 15 is 0 Å². The Hall–Kier alpha value is -2.89. The van der Waals surface area contributed by atoms with Crippen molar-refractivity contribution < 1.29 is 18.7 Å². The van der Waals surface area contributed by atoms with E-state index in [1.807, 2.05) is 30.3 Å². The van der Waals surface area contributed by atoms with Crippen LogP contribution in [-0.4, -0.2) is 29.5 Å². The highest BCUT2D eigenvalue weighted by Crippen LogP contribution is 2.21. The molecule has 1 aliphatic rings. The Morgan fingerprint density at radius 1 is 1.12 bits per heavy atom. The molecule has 0 bridgehead atoms. The lowest BCUT2D eigenvalue weighted by Gasteiger charge is -2.23. The van der Waals surface area contributed by atoms with Crippen molar-refractivity contribution in [1.82, 2.24) is 4.90 Å². The third-order valence-electron chi connectivity index (χ3n) is 4.11. The average molecular weight is 342 g/mol. The molecule has 2 aromatic carbocycles. The van der Waals surface area contributed by atoms with Crippen molar-refractivity contribution in [2.24, 2.45) is 0 Å². The van der Waals surface area contributed by atoms with Crippen LogP contribution in [0.4, 0.5) is 14.9 Å². The standard InChI is InChI=1S/C19H19FN2O3/c20-15-8-10-16(11-9-15)21-18(23)17-7-4-12-22(17)19(24)25-13-14-5-2-1-3-6-14/h1-3,5-6,8-11,17H,4,7,12-13H2,(H,21,23). The van der Waals surface area contributed by atoms with E-state index in [0.29, 0.717) is 18.7 Å². The number of anilines is 1. The molecule has 1 fully saturated rings. The minimum atomic E-state index is -0.576. The number of hydrogen-bond donors (Lipinski definition) is 1. The maximum Gasteiger partial charge on any atom is 0.410 e. The van der Waals surface area contributed by atoms with Gasteiger partial charge in [-0.25, -0.2) is 9.18 Å². The first-order valence-corrected chi connectivity index (χ1v) is 8.17. The zero-order valence-electron chi connectivity index (χ0n) is 13.7. The van der Waals surface area contributed by atoms with Crippen LogP contribution < -0.4 is 5.32 Å². The predicted molar refractivity (Wildman–Crippen MR) is 91.4 cm³/mol. The maximum atomic E-state index is 12.9. The number of nitrogens with one attached hydrogen (secondary N) is 1. The monoisotopic (exact) mass is 342 g/mol. The lowest BCUT2D eigenvalue weighted by molar-refractivity contribution is -0.120.